The van der Waals surface area contributed by atoms with Crippen LogP contribution in [0.1, 0.15) is 18.1 Å². The summed E-state index contributed by atoms with van der Waals surface area (Å²) in [6, 6.07) is 7.58. The smallest absolute Gasteiger partial charge is 0.398 e. The Kier molecular flexibility index (Phi) is 8.67. The second kappa shape index (κ2) is 11.8. The molecule has 208 valence electrons. The Hall–Kier alpha value is -3.36. The standard InChI is InChI=1S/C25H25ClF4N6O3/c1-12(31)35-24(36-18-10-14(26)5-6-16(18)25(28,29)30)23-21(37)20(22-19(38-23)11-34-39-22)33-8-7-17(32)13-3-2-4-15(27)9-13/h2-10,19-23,34,37H,11,32H2,1H3,(H2,31,35,36)/b17-7-,33-8?. The second-order valence-corrected chi connectivity index (χ2v) is 9.26. The number of rotatable bonds is 5. The van der Waals surface area contributed by atoms with Gasteiger partial charge < -0.3 is 21.3 Å². The van der Waals surface area contributed by atoms with Gasteiger partial charge in [-0.2, -0.15) is 18.7 Å². The van der Waals surface area contributed by atoms with Crippen molar-refractivity contribution in [2.75, 3.05) is 6.54 Å². The number of hydrogen-bond acceptors (Lipinski definition) is 7. The summed E-state index contributed by atoms with van der Waals surface area (Å²) < 4.78 is 60.5. The van der Waals surface area contributed by atoms with Gasteiger partial charge in [0.2, 0.25) is 0 Å². The molecule has 0 aromatic heterocycles. The van der Waals surface area contributed by atoms with E-state index in [0.717, 1.165) is 18.2 Å². The van der Waals surface area contributed by atoms with Crippen molar-refractivity contribution in [2.24, 2.45) is 26.4 Å². The maximum absolute atomic E-state index is 13.7. The van der Waals surface area contributed by atoms with E-state index in [1.807, 2.05) is 0 Å². The number of aliphatic hydroxyl groups is 1. The number of hydroxylamine groups is 1. The molecular weight excluding hydrogens is 544 g/mol. The van der Waals surface area contributed by atoms with Gasteiger partial charge in [-0.3, -0.25) is 9.83 Å². The number of nitrogens with one attached hydrogen (secondary N) is 1. The third-order valence-electron chi connectivity index (χ3n) is 5.90. The molecule has 2 fully saturated rings. The van der Waals surface area contributed by atoms with Gasteiger partial charge in [-0.25, -0.2) is 14.4 Å². The average Bonchev–Trinajstić information content (AvgIpc) is 3.32. The normalized spacial score (nSPS) is 26.7. The molecule has 0 spiro atoms. The SMILES string of the molecule is CC(N)=NC(=Nc1cc(Cl)ccc1C(F)(F)F)C1OC2CNOC2C(N=C/C=C(\N)c2cccc(F)c2)C1O. The van der Waals surface area contributed by atoms with Crippen LogP contribution in [0.15, 0.2) is 63.5 Å². The molecule has 5 unspecified atom stereocenters. The largest absolute Gasteiger partial charge is 0.418 e. The highest BCUT2D eigenvalue weighted by Crippen LogP contribution is 2.38. The molecule has 2 aliphatic rings. The Morgan fingerprint density at radius 1 is 1.21 bits per heavy atom. The Morgan fingerprint density at radius 3 is 2.67 bits per heavy atom. The predicted molar refractivity (Wildman–Crippen MR) is 139 cm³/mol. The van der Waals surface area contributed by atoms with Crippen LogP contribution in [-0.4, -0.2) is 60.0 Å². The number of ether oxygens (including phenoxy) is 1. The van der Waals surface area contributed by atoms with E-state index in [1.54, 1.807) is 6.07 Å². The summed E-state index contributed by atoms with van der Waals surface area (Å²) in [5.74, 6) is -0.808. The summed E-state index contributed by atoms with van der Waals surface area (Å²) in [7, 11) is 0. The lowest BCUT2D eigenvalue weighted by atomic mass is 9.92. The summed E-state index contributed by atoms with van der Waals surface area (Å²) in [6.07, 6.45) is -6.22. The van der Waals surface area contributed by atoms with Crippen LogP contribution in [0.25, 0.3) is 5.70 Å². The molecule has 4 rings (SSSR count). The van der Waals surface area contributed by atoms with E-state index < -0.39 is 53.7 Å². The first-order chi connectivity index (χ1) is 18.4. The van der Waals surface area contributed by atoms with Crippen molar-refractivity contribution in [2.45, 2.75) is 43.6 Å². The van der Waals surface area contributed by atoms with Gasteiger partial charge in [-0.05, 0) is 43.3 Å². The van der Waals surface area contributed by atoms with Gasteiger partial charge in [-0.15, -0.1) is 0 Å². The number of nitrogens with zero attached hydrogens (tertiary/aromatic N) is 3. The molecule has 9 nitrogen and oxygen atoms in total. The molecule has 0 saturated carbocycles. The lowest BCUT2D eigenvalue weighted by molar-refractivity contribution is -0.141. The van der Waals surface area contributed by atoms with Crippen LogP contribution in [0.5, 0.6) is 0 Å². The summed E-state index contributed by atoms with van der Waals surface area (Å²) in [5, 5.41) is 11.3. The number of halogens is 5. The highest BCUT2D eigenvalue weighted by atomic mass is 35.5. The van der Waals surface area contributed by atoms with Crippen LogP contribution < -0.4 is 16.9 Å². The lowest BCUT2D eigenvalue weighted by Crippen LogP contribution is -2.58. The molecule has 2 saturated heterocycles. The first kappa shape index (κ1) is 28.6. The van der Waals surface area contributed by atoms with Gasteiger partial charge in [0.1, 0.15) is 36.3 Å². The van der Waals surface area contributed by atoms with Crippen LogP contribution in [0.4, 0.5) is 23.2 Å². The third-order valence-corrected chi connectivity index (χ3v) is 6.14. The molecule has 0 aliphatic carbocycles. The molecule has 2 aromatic carbocycles. The predicted octanol–water partition coefficient (Wildman–Crippen LogP) is 3.38. The summed E-state index contributed by atoms with van der Waals surface area (Å²) in [6.45, 7) is 1.61. The van der Waals surface area contributed by atoms with Gasteiger partial charge in [0.05, 0.1) is 23.6 Å². The van der Waals surface area contributed by atoms with E-state index in [1.165, 1.54) is 37.4 Å². The molecule has 6 N–H and O–H groups in total. The summed E-state index contributed by atoms with van der Waals surface area (Å²) in [4.78, 5) is 18.0. The van der Waals surface area contributed by atoms with Crippen molar-refractivity contribution in [1.29, 1.82) is 0 Å². The van der Waals surface area contributed by atoms with Gasteiger partial charge in [0.15, 0.2) is 5.84 Å². The number of benzene rings is 2. The maximum Gasteiger partial charge on any atom is 0.418 e. The van der Waals surface area contributed by atoms with Crippen molar-refractivity contribution >= 4 is 40.9 Å². The van der Waals surface area contributed by atoms with Crippen LogP contribution in [0.2, 0.25) is 5.02 Å². The number of allylic oxidation sites excluding steroid dienone is 1. The third kappa shape index (κ3) is 6.81. The molecule has 2 aliphatic heterocycles. The second-order valence-electron chi connectivity index (χ2n) is 8.82. The highest BCUT2D eigenvalue weighted by molar-refractivity contribution is 6.30. The number of alkyl halides is 3. The molecule has 0 bridgehead atoms. The van der Waals surface area contributed by atoms with Crippen molar-refractivity contribution < 1.29 is 32.2 Å². The van der Waals surface area contributed by atoms with Gasteiger partial charge in [0.25, 0.3) is 0 Å². The van der Waals surface area contributed by atoms with E-state index in [2.05, 4.69) is 20.5 Å². The van der Waals surface area contributed by atoms with Gasteiger partial charge >= 0.3 is 6.18 Å². The number of aliphatic imine (C=N–C) groups is 3. The van der Waals surface area contributed by atoms with Crippen molar-refractivity contribution in [3.63, 3.8) is 0 Å². The van der Waals surface area contributed by atoms with Crippen LogP contribution in [0.3, 0.4) is 0 Å². The van der Waals surface area contributed by atoms with Crippen molar-refractivity contribution in [3.05, 3.63) is 70.5 Å². The Morgan fingerprint density at radius 2 is 1.97 bits per heavy atom. The number of nitrogens with two attached hydrogens (primary N) is 2. The lowest BCUT2D eigenvalue weighted by Gasteiger charge is -2.38. The summed E-state index contributed by atoms with van der Waals surface area (Å²) in [5.41, 5.74) is 13.5. The van der Waals surface area contributed by atoms with E-state index in [0.29, 0.717) is 5.56 Å². The highest BCUT2D eigenvalue weighted by Gasteiger charge is 2.50. The topological polar surface area (TPSA) is 140 Å². The zero-order chi connectivity index (χ0) is 28.3. The van der Waals surface area contributed by atoms with Crippen molar-refractivity contribution in [3.8, 4) is 0 Å². The van der Waals surface area contributed by atoms with E-state index in [4.69, 9.17) is 32.6 Å². The van der Waals surface area contributed by atoms with Crippen LogP contribution in [0, 0.1) is 5.82 Å². The fraction of sp³-hybridized carbons (Fsp3) is 0.320. The van der Waals surface area contributed by atoms with E-state index >= 15 is 0 Å². The van der Waals surface area contributed by atoms with E-state index in [9.17, 15) is 22.7 Å². The molecule has 2 aromatic rings. The minimum atomic E-state index is -4.74. The number of hydrogen-bond donors (Lipinski definition) is 4. The Labute approximate surface area is 225 Å². The van der Waals surface area contributed by atoms with Gasteiger partial charge in [0, 0.05) is 22.5 Å². The minimum absolute atomic E-state index is 0.0123. The van der Waals surface area contributed by atoms with Crippen LogP contribution >= 0.6 is 11.6 Å². The van der Waals surface area contributed by atoms with E-state index in [-0.39, 0.29) is 28.9 Å². The maximum atomic E-state index is 13.7. The Balaban J connectivity index is 1.70. The average molecular weight is 569 g/mol. The molecular formula is C25H25ClF4N6O3. The van der Waals surface area contributed by atoms with Crippen LogP contribution in [-0.2, 0) is 15.8 Å². The first-order valence-corrected chi connectivity index (χ1v) is 12.0. The molecule has 2 heterocycles. The molecule has 0 amide bonds. The fourth-order valence-electron chi connectivity index (χ4n) is 4.14. The minimum Gasteiger partial charge on any atom is -0.398 e. The molecule has 39 heavy (non-hydrogen) atoms. The van der Waals surface area contributed by atoms with Gasteiger partial charge in [-0.1, -0.05) is 23.7 Å². The number of fused-ring (bicyclic) bond motifs is 1. The zero-order valence-electron chi connectivity index (χ0n) is 20.4. The number of amidine groups is 2. The number of aliphatic hydroxyl groups excluding tert-OH is 1. The molecule has 0 radical (unpaired) electrons. The zero-order valence-corrected chi connectivity index (χ0v) is 21.2. The quantitative estimate of drug-likeness (QED) is 0.248. The summed E-state index contributed by atoms with van der Waals surface area (Å²) >= 11 is 5.94. The fourth-order valence-corrected chi connectivity index (χ4v) is 4.31. The Bertz CT molecular complexity index is 1330. The first-order valence-electron chi connectivity index (χ1n) is 11.7. The molecule has 14 heteroatoms. The monoisotopic (exact) mass is 568 g/mol. The van der Waals surface area contributed by atoms with Crippen molar-refractivity contribution in [1.82, 2.24) is 5.48 Å². The molecule has 5 atom stereocenters.